The van der Waals surface area contributed by atoms with Gasteiger partial charge in [-0.3, -0.25) is 14.5 Å². The quantitative estimate of drug-likeness (QED) is 0.342. The molecule has 2 amide bonds. The molecule has 0 aliphatic carbocycles. The van der Waals surface area contributed by atoms with Crippen LogP contribution in [0.1, 0.15) is 12.5 Å². The van der Waals surface area contributed by atoms with E-state index in [4.69, 9.17) is 21.7 Å². The summed E-state index contributed by atoms with van der Waals surface area (Å²) in [7, 11) is 2.82. The highest BCUT2D eigenvalue weighted by molar-refractivity contribution is 8.26. The predicted octanol–water partition coefficient (Wildman–Crippen LogP) is 3.34. The molecule has 1 atom stereocenters. The molecular weight excluding hydrogens is 440 g/mol. The molecule has 1 fully saturated rings. The summed E-state index contributed by atoms with van der Waals surface area (Å²) in [6, 6.07) is 8.27. The molecule has 3 rings (SSSR count). The van der Waals surface area contributed by atoms with Crippen LogP contribution in [-0.4, -0.2) is 51.5 Å². The van der Waals surface area contributed by atoms with E-state index >= 15 is 0 Å². The van der Waals surface area contributed by atoms with Gasteiger partial charge in [0.25, 0.3) is 5.91 Å². The molecule has 0 spiro atoms. The molecule has 10 heteroatoms. The van der Waals surface area contributed by atoms with E-state index in [2.05, 4.69) is 5.32 Å². The average molecular weight is 461 g/mol. The van der Waals surface area contributed by atoms with Gasteiger partial charge in [0.2, 0.25) is 11.7 Å². The first kappa shape index (κ1) is 22.4. The van der Waals surface area contributed by atoms with Crippen molar-refractivity contribution in [3.05, 3.63) is 46.9 Å². The number of nitrogens with zero attached hydrogens (tertiary/aromatic N) is 1. The molecule has 1 unspecified atom stereocenters. The second kappa shape index (κ2) is 9.27. The maximum absolute atomic E-state index is 13.0. The van der Waals surface area contributed by atoms with E-state index in [0.29, 0.717) is 16.2 Å². The molecule has 1 heterocycles. The Bertz CT molecular complexity index is 1040. The first-order chi connectivity index (χ1) is 14.7. The lowest BCUT2D eigenvalue weighted by Crippen LogP contribution is -2.44. The zero-order chi connectivity index (χ0) is 22.7. The Labute approximate surface area is 188 Å². The second-order valence-corrected chi connectivity index (χ2v) is 8.21. The van der Waals surface area contributed by atoms with Crippen LogP contribution in [-0.2, 0) is 9.59 Å². The smallest absolute Gasteiger partial charge is 0.266 e. The zero-order valence-electron chi connectivity index (χ0n) is 16.9. The number of carbonyl (C=O) groups is 2. The number of anilines is 1. The lowest BCUT2D eigenvalue weighted by Gasteiger charge is -2.22. The topological polar surface area (TPSA) is 108 Å². The number of hydrogen-bond donors (Lipinski definition) is 3. The van der Waals surface area contributed by atoms with Crippen LogP contribution in [0.4, 0.5) is 5.69 Å². The summed E-state index contributed by atoms with van der Waals surface area (Å²) >= 11 is 6.40. The number of phenols is 2. The number of methoxy groups -OCH3 is 2. The Hall–Kier alpha value is -3.24. The van der Waals surface area contributed by atoms with Crippen molar-refractivity contribution in [3.63, 3.8) is 0 Å². The van der Waals surface area contributed by atoms with E-state index in [0.717, 1.165) is 11.8 Å². The molecule has 162 valence electrons. The monoisotopic (exact) mass is 460 g/mol. The average Bonchev–Trinajstić information content (AvgIpc) is 3.02. The maximum Gasteiger partial charge on any atom is 0.266 e. The molecule has 2 aromatic carbocycles. The van der Waals surface area contributed by atoms with Gasteiger partial charge in [0.15, 0.2) is 11.5 Å². The molecule has 1 saturated heterocycles. The van der Waals surface area contributed by atoms with Crippen LogP contribution in [0.25, 0.3) is 6.08 Å². The van der Waals surface area contributed by atoms with Gasteiger partial charge in [-0.15, -0.1) is 0 Å². The number of thiocarbonyl (C=S) groups is 1. The molecule has 1 aliphatic heterocycles. The van der Waals surface area contributed by atoms with Crippen LogP contribution < -0.4 is 14.8 Å². The van der Waals surface area contributed by atoms with Gasteiger partial charge in [-0.2, -0.15) is 0 Å². The van der Waals surface area contributed by atoms with Gasteiger partial charge < -0.3 is 25.0 Å². The number of phenolic OH excluding ortho intramolecular Hbond substituents is 2. The van der Waals surface area contributed by atoms with Crippen molar-refractivity contribution in [2.24, 2.45) is 0 Å². The first-order valence-corrected chi connectivity index (χ1v) is 10.3. The Morgan fingerprint density at radius 1 is 1.16 bits per heavy atom. The Balaban J connectivity index is 1.81. The molecule has 0 saturated carbocycles. The minimum absolute atomic E-state index is 0.0793. The zero-order valence-corrected chi connectivity index (χ0v) is 18.5. The molecule has 1 aliphatic rings. The lowest BCUT2D eigenvalue weighted by atomic mass is 10.1. The van der Waals surface area contributed by atoms with Gasteiger partial charge in [0.05, 0.1) is 19.1 Å². The number of nitrogens with one attached hydrogen (secondary N) is 1. The summed E-state index contributed by atoms with van der Waals surface area (Å²) < 4.78 is 10.5. The van der Waals surface area contributed by atoms with Gasteiger partial charge in [-0.05, 0) is 55.0 Å². The lowest BCUT2D eigenvalue weighted by molar-refractivity contribution is -0.129. The van der Waals surface area contributed by atoms with Crippen molar-refractivity contribution in [3.8, 4) is 23.0 Å². The van der Waals surface area contributed by atoms with Gasteiger partial charge in [0, 0.05) is 5.69 Å². The number of rotatable bonds is 6. The van der Waals surface area contributed by atoms with Gasteiger partial charge >= 0.3 is 0 Å². The number of benzene rings is 2. The van der Waals surface area contributed by atoms with E-state index in [1.807, 2.05) is 0 Å². The summed E-state index contributed by atoms with van der Waals surface area (Å²) in [6.45, 7) is 1.58. The first-order valence-electron chi connectivity index (χ1n) is 9.07. The van der Waals surface area contributed by atoms with Crippen molar-refractivity contribution in [1.82, 2.24) is 4.90 Å². The van der Waals surface area contributed by atoms with Crippen LogP contribution in [0.5, 0.6) is 23.0 Å². The molecule has 0 radical (unpaired) electrons. The van der Waals surface area contributed by atoms with E-state index < -0.39 is 17.9 Å². The van der Waals surface area contributed by atoms with E-state index in [1.165, 1.54) is 31.3 Å². The minimum atomic E-state index is -0.851. The largest absolute Gasteiger partial charge is 0.508 e. The highest BCUT2D eigenvalue weighted by atomic mass is 32.2. The van der Waals surface area contributed by atoms with Crippen LogP contribution in [0.15, 0.2) is 41.3 Å². The summed E-state index contributed by atoms with van der Waals surface area (Å²) in [5.74, 6) is -0.499. The molecule has 3 N–H and O–H groups in total. The van der Waals surface area contributed by atoms with Gasteiger partial charge in [0.1, 0.15) is 16.1 Å². The maximum atomic E-state index is 13.0. The van der Waals surface area contributed by atoms with E-state index in [1.54, 1.807) is 37.3 Å². The Morgan fingerprint density at radius 2 is 1.74 bits per heavy atom. The Kier molecular flexibility index (Phi) is 6.71. The van der Waals surface area contributed by atoms with Crippen molar-refractivity contribution in [2.45, 2.75) is 13.0 Å². The predicted molar refractivity (Wildman–Crippen MR) is 122 cm³/mol. The number of hydrogen-bond acceptors (Lipinski definition) is 8. The van der Waals surface area contributed by atoms with Gasteiger partial charge in [-0.25, -0.2) is 0 Å². The third kappa shape index (κ3) is 4.75. The highest BCUT2D eigenvalue weighted by Crippen LogP contribution is 2.40. The normalized spacial score (nSPS) is 15.8. The molecular formula is C21H20N2O6S2. The van der Waals surface area contributed by atoms with E-state index in [-0.39, 0.29) is 27.3 Å². The molecule has 8 nitrogen and oxygen atoms in total. The van der Waals surface area contributed by atoms with Crippen molar-refractivity contribution in [2.75, 3.05) is 19.5 Å². The number of ether oxygens (including phenoxy) is 2. The minimum Gasteiger partial charge on any atom is -0.508 e. The summed E-state index contributed by atoms with van der Waals surface area (Å²) in [5.41, 5.74) is 1.05. The van der Waals surface area contributed by atoms with Crippen LogP contribution in [0.3, 0.4) is 0 Å². The molecule has 0 aromatic heterocycles. The van der Waals surface area contributed by atoms with Gasteiger partial charge in [-0.1, -0.05) is 24.0 Å². The second-order valence-electron chi connectivity index (χ2n) is 6.54. The van der Waals surface area contributed by atoms with Crippen LogP contribution >= 0.6 is 24.0 Å². The standard InChI is InChI=1S/C21H20N2O6S2/c1-11(19(26)22-13-4-6-14(24)7-5-13)23-20(27)17(31-21(23)30)10-12-8-15(28-2)18(25)16(9-12)29-3/h4-11,24-25H,1-3H3,(H,22,26)/b17-10-. The SMILES string of the molecule is COc1cc(/C=C2\SC(=S)N(C(C)C(=O)Nc3ccc(O)cc3)C2=O)cc(OC)c1O. The Morgan fingerprint density at radius 3 is 2.29 bits per heavy atom. The number of amides is 2. The fraction of sp³-hybridized carbons (Fsp3) is 0.190. The number of carbonyl (C=O) groups excluding carboxylic acids is 2. The van der Waals surface area contributed by atoms with Crippen molar-refractivity contribution in [1.29, 1.82) is 0 Å². The number of thioether (sulfide) groups is 1. The highest BCUT2D eigenvalue weighted by Gasteiger charge is 2.38. The molecule has 0 bridgehead atoms. The van der Waals surface area contributed by atoms with Crippen LogP contribution in [0, 0.1) is 0 Å². The summed E-state index contributed by atoms with van der Waals surface area (Å²) in [5, 5.41) is 22.1. The van der Waals surface area contributed by atoms with Crippen molar-refractivity contribution < 1.29 is 29.3 Å². The summed E-state index contributed by atoms with van der Waals surface area (Å²) in [6.07, 6.45) is 1.59. The fourth-order valence-electron chi connectivity index (χ4n) is 2.87. The fourth-order valence-corrected chi connectivity index (χ4v) is 4.29. The van der Waals surface area contributed by atoms with E-state index in [9.17, 15) is 19.8 Å². The summed E-state index contributed by atoms with van der Waals surface area (Å²) in [4.78, 5) is 27.2. The third-order valence-electron chi connectivity index (χ3n) is 4.53. The van der Waals surface area contributed by atoms with Crippen molar-refractivity contribution >= 4 is 51.9 Å². The third-order valence-corrected chi connectivity index (χ3v) is 5.86. The molecule has 31 heavy (non-hydrogen) atoms. The number of aromatic hydroxyl groups is 2. The van der Waals surface area contributed by atoms with Crippen LogP contribution in [0.2, 0.25) is 0 Å². The molecule has 2 aromatic rings.